The summed E-state index contributed by atoms with van der Waals surface area (Å²) in [4.78, 5) is 9.01. The van der Waals surface area contributed by atoms with Crippen LogP contribution < -0.4 is 0 Å². The van der Waals surface area contributed by atoms with E-state index in [1.165, 1.54) is 11.1 Å². The molecule has 0 aliphatic carbocycles. The zero-order valence-corrected chi connectivity index (χ0v) is 15.2. The summed E-state index contributed by atoms with van der Waals surface area (Å²) < 4.78 is 0. The van der Waals surface area contributed by atoms with Crippen LogP contribution in [0.25, 0.3) is 44.1 Å². The van der Waals surface area contributed by atoms with E-state index < -0.39 is 0 Å². The third kappa shape index (κ3) is 2.84. The molecule has 0 aliphatic heterocycles. The molecule has 1 heterocycles. The second-order valence-corrected chi connectivity index (χ2v) is 6.80. The highest BCUT2D eigenvalue weighted by atomic mass is 35.5. The Labute approximate surface area is 162 Å². The standard InChI is InChI=1S/C24H15ClN2/c25-24-26-21-15-14-18-8-4-5-9-20(18)22(21)23(27-24)19-12-10-17(11-13-19)16-6-2-1-3-7-16/h1-15H. The van der Waals surface area contributed by atoms with Crippen LogP contribution in [0.1, 0.15) is 0 Å². The fourth-order valence-corrected chi connectivity index (χ4v) is 3.71. The Balaban J connectivity index is 1.74. The Kier molecular flexibility index (Phi) is 3.84. The summed E-state index contributed by atoms with van der Waals surface area (Å²) in [7, 11) is 0. The van der Waals surface area contributed by atoms with Crippen molar-refractivity contribution >= 4 is 33.3 Å². The molecule has 0 spiro atoms. The van der Waals surface area contributed by atoms with Crippen LogP contribution >= 0.6 is 11.6 Å². The van der Waals surface area contributed by atoms with E-state index in [0.717, 1.165) is 32.9 Å². The maximum atomic E-state index is 6.23. The predicted octanol–water partition coefficient (Wildman–Crippen LogP) is 6.77. The van der Waals surface area contributed by atoms with Gasteiger partial charge >= 0.3 is 0 Å². The maximum Gasteiger partial charge on any atom is 0.223 e. The van der Waals surface area contributed by atoms with Crippen molar-refractivity contribution in [3.8, 4) is 22.4 Å². The van der Waals surface area contributed by atoms with Crippen LogP contribution in [0.15, 0.2) is 91.0 Å². The Morgan fingerprint density at radius 2 is 1.22 bits per heavy atom. The molecule has 0 atom stereocenters. The molecule has 5 aromatic rings. The van der Waals surface area contributed by atoms with Gasteiger partial charge in [0.05, 0.1) is 11.2 Å². The van der Waals surface area contributed by atoms with Crippen LogP contribution in [0, 0.1) is 0 Å². The number of hydrogen-bond acceptors (Lipinski definition) is 2. The Hall–Kier alpha value is -3.23. The van der Waals surface area contributed by atoms with Crippen molar-refractivity contribution in [3.05, 3.63) is 96.3 Å². The van der Waals surface area contributed by atoms with Gasteiger partial charge in [0.1, 0.15) is 0 Å². The molecule has 0 fully saturated rings. The summed E-state index contributed by atoms with van der Waals surface area (Å²) in [6.07, 6.45) is 0. The molecule has 0 radical (unpaired) electrons. The van der Waals surface area contributed by atoms with E-state index in [9.17, 15) is 0 Å². The molecule has 0 N–H and O–H groups in total. The van der Waals surface area contributed by atoms with Gasteiger partial charge in [-0.05, 0) is 39.6 Å². The first-order valence-corrected chi connectivity index (χ1v) is 9.18. The lowest BCUT2D eigenvalue weighted by Crippen LogP contribution is -1.92. The number of benzene rings is 4. The van der Waals surface area contributed by atoms with Crippen LogP contribution in [0.4, 0.5) is 0 Å². The Morgan fingerprint density at radius 3 is 2.04 bits per heavy atom. The van der Waals surface area contributed by atoms with Crippen molar-refractivity contribution in [1.82, 2.24) is 9.97 Å². The van der Waals surface area contributed by atoms with Gasteiger partial charge in [-0.2, -0.15) is 0 Å². The molecule has 0 amide bonds. The van der Waals surface area contributed by atoms with Gasteiger partial charge in [-0.3, -0.25) is 0 Å². The molecule has 5 rings (SSSR count). The van der Waals surface area contributed by atoms with Crippen LogP contribution in [-0.2, 0) is 0 Å². The minimum atomic E-state index is 0.264. The van der Waals surface area contributed by atoms with E-state index in [-0.39, 0.29) is 5.28 Å². The molecule has 128 valence electrons. The molecule has 0 bridgehead atoms. The molecule has 3 heteroatoms. The van der Waals surface area contributed by atoms with Gasteiger partial charge in [0.25, 0.3) is 0 Å². The molecule has 1 aromatic heterocycles. The van der Waals surface area contributed by atoms with Gasteiger partial charge in [-0.25, -0.2) is 9.97 Å². The zero-order chi connectivity index (χ0) is 18.2. The molecule has 27 heavy (non-hydrogen) atoms. The summed E-state index contributed by atoms with van der Waals surface area (Å²) in [5.41, 5.74) is 5.12. The first-order chi connectivity index (χ1) is 13.3. The average Bonchev–Trinajstić information content (AvgIpc) is 2.73. The van der Waals surface area contributed by atoms with Crippen molar-refractivity contribution in [2.45, 2.75) is 0 Å². The van der Waals surface area contributed by atoms with Crippen LogP contribution in [0.5, 0.6) is 0 Å². The Morgan fingerprint density at radius 1 is 0.556 bits per heavy atom. The SMILES string of the molecule is Clc1nc(-c2ccc(-c3ccccc3)cc2)c2c(ccc3ccccc32)n1. The molecule has 0 saturated carbocycles. The summed E-state index contributed by atoms with van der Waals surface area (Å²) in [5.74, 6) is 0. The fourth-order valence-electron chi connectivity index (χ4n) is 3.53. The number of nitrogens with zero attached hydrogens (tertiary/aromatic N) is 2. The maximum absolute atomic E-state index is 6.23. The van der Waals surface area contributed by atoms with Crippen molar-refractivity contribution < 1.29 is 0 Å². The summed E-state index contributed by atoms with van der Waals surface area (Å²) in [6, 6.07) is 31.2. The highest BCUT2D eigenvalue weighted by molar-refractivity contribution is 6.29. The monoisotopic (exact) mass is 366 g/mol. The quantitative estimate of drug-likeness (QED) is 0.254. The van der Waals surface area contributed by atoms with Crippen molar-refractivity contribution in [1.29, 1.82) is 0 Å². The van der Waals surface area contributed by atoms with E-state index in [2.05, 4.69) is 64.6 Å². The van der Waals surface area contributed by atoms with Crippen molar-refractivity contribution in [2.24, 2.45) is 0 Å². The molecule has 4 aromatic carbocycles. The smallest absolute Gasteiger partial charge is 0.218 e. The van der Waals surface area contributed by atoms with E-state index in [1.807, 2.05) is 36.4 Å². The van der Waals surface area contributed by atoms with Gasteiger partial charge in [0.15, 0.2) is 0 Å². The Bertz CT molecular complexity index is 1260. The van der Waals surface area contributed by atoms with Crippen LogP contribution in [-0.4, -0.2) is 9.97 Å². The topological polar surface area (TPSA) is 25.8 Å². The number of fused-ring (bicyclic) bond motifs is 3. The highest BCUT2D eigenvalue weighted by Gasteiger charge is 2.12. The normalized spacial score (nSPS) is 11.1. The molecule has 2 nitrogen and oxygen atoms in total. The third-order valence-corrected chi connectivity index (χ3v) is 5.00. The minimum Gasteiger partial charge on any atom is -0.218 e. The predicted molar refractivity (Wildman–Crippen MR) is 113 cm³/mol. The number of aromatic nitrogens is 2. The molecule has 0 saturated heterocycles. The van der Waals surface area contributed by atoms with E-state index in [1.54, 1.807) is 0 Å². The van der Waals surface area contributed by atoms with Gasteiger partial charge in [0, 0.05) is 10.9 Å². The van der Waals surface area contributed by atoms with Crippen LogP contribution in [0.2, 0.25) is 5.28 Å². The lowest BCUT2D eigenvalue weighted by Gasteiger charge is -2.10. The highest BCUT2D eigenvalue weighted by Crippen LogP contribution is 2.34. The van der Waals surface area contributed by atoms with E-state index in [0.29, 0.717) is 0 Å². The summed E-state index contributed by atoms with van der Waals surface area (Å²) in [6.45, 7) is 0. The zero-order valence-electron chi connectivity index (χ0n) is 14.4. The lowest BCUT2D eigenvalue weighted by molar-refractivity contribution is 1.23. The summed E-state index contributed by atoms with van der Waals surface area (Å²) >= 11 is 6.23. The second kappa shape index (κ2) is 6.49. The fraction of sp³-hybridized carbons (Fsp3) is 0. The molecule has 0 unspecified atom stereocenters. The van der Waals surface area contributed by atoms with Crippen molar-refractivity contribution in [2.75, 3.05) is 0 Å². The first-order valence-electron chi connectivity index (χ1n) is 8.80. The van der Waals surface area contributed by atoms with Gasteiger partial charge in [0.2, 0.25) is 5.28 Å². The van der Waals surface area contributed by atoms with Gasteiger partial charge in [-0.15, -0.1) is 0 Å². The minimum absolute atomic E-state index is 0.264. The first kappa shape index (κ1) is 16.0. The largest absolute Gasteiger partial charge is 0.223 e. The van der Waals surface area contributed by atoms with Gasteiger partial charge in [-0.1, -0.05) is 84.9 Å². The van der Waals surface area contributed by atoms with Crippen molar-refractivity contribution in [3.63, 3.8) is 0 Å². The number of hydrogen-bond donors (Lipinski definition) is 0. The lowest BCUT2D eigenvalue weighted by atomic mass is 9.98. The van der Waals surface area contributed by atoms with Gasteiger partial charge < -0.3 is 0 Å². The third-order valence-electron chi connectivity index (χ3n) is 4.83. The number of rotatable bonds is 2. The second-order valence-electron chi connectivity index (χ2n) is 6.47. The van der Waals surface area contributed by atoms with E-state index in [4.69, 9.17) is 11.6 Å². The van der Waals surface area contributed by atoms with E-state index >= 15 is 0 Å². The molecule has 0 aliphatic rings. The summed E-state index contributed by atoms with van der Waals surface area (Å²) in [5, 5.41) is 3.59. The average molecular weight is 367 g/mol. The molecular formula is C24H15ClN2. The number of halogens is 1. The molecular weight excluding hydrogens is 352 g/mol. The van der Waals surface area contributed by atoms with Crippen LogP contribution in [0.3, 0.4) is 0 Å².